The summed E-state index contributed by atoms with van der Waals surface area (Å²) in [6, 6.07) is 0. The van der Waals surface area contributed by atoms with Crippen molar-refractivity contribution in [2.45, 2.75) is 85.4 Å². The van der Waals surface area contributed by atoms with E-state index in [0.29, 0.717) is 30.0 Å². The summed E-state index contributed by atoms with van der Waals surface area (Å²) in [6.45, 7) is 10.5. The van der Waals surface area contributed by atoms with Gasteiger partial charge >= 0.3 is 0 Å². The van der Waals surface area contributed by atoms with Crippen molar-refractivity contribution in [3.05, 3.63) is 0 Å². The van der Waals surface area contributed by atoms with E-state index >= 15 is 0 Å². The molecule has 1 unspecified atom stereocenters. The van der Waals surface area contributed by atoms with Crippen molar-refractivity contribution < 1.29 is 19.8 Å². The maximum Gasteiger partial charge on any atom is 0.175 e. The van der Waals surface area contributed by atoms with Crippen LogP contribution in [0.4, 0.5) is 0 Å². The van der Waals surface area contributed by atoms with E-state index in [-0.39, 0.29) is 34.9 Å². The Hall–Kier alpha value is -0.740. The summed E-state index contributed by atoms with van der Waals surface area (Å²) in [7, 11) is 0. The molecular weight excluding hydrogens is 340 g/mol. The molecule has 0 radical (unpaired) electrons. The number of carbonyl (C=O) groups is 2. The third kappa shape index (κ3) is 2.23. The average molecular weight is 377 g/mol. The summed E-state index contributed by atoms with van der Waals surface area (Å²) in [5.74, 6) is -0.202. The quantitative estimate of drug-likeness (QED) is 0.684. The summed E-state index contributed by atoms with van der Waals surface area (Å²) < 4.78 is 0. The molecular formula is C23H36O4. The lowest BCUT2D eigenvalue weighted by atomic mass is 9.40. The molecule has 0 aromatic rings. The molecule has 0 aliphatic heterocycles. The Morgan fingerprint density at radius 3 is 2.30 bits per heavy atom. The smallest absolute Gasteiger partial charge is 0.175 e. The lowest BCUT2D eigenvalue weighted by Crippen LogP contribution is -2.66. The Kier molecular flexibility index (Phi) is 4.10. The predicted molar refractivity (Wildman–Crippen MR) is 103 cm³/mol. The predicted octanol–water partition coefficient (Wildman–Crippen LogP) is 3.73. The molecule has 0 aromatic carbocycles. The highest BCUT2D eigenvalue weighted by molar-refractivity contribution is 5.83. The molecule has 0 spiro atoms. The largest absolute Gasteiger partial charge is 0.365 e. The molecule has 0 aromatic heterocycles. The number of hydrogen-bond acceptors (Lipinski definition) is 4. The summed E-state index contributed by atoms with van der Waals surface area (Å²) in [4.78, 5) is 24.8. The molecule has 0 bridgehead atoms. The molecule has 4 heteroatoms. The zero-order valence-corrected chi connectivity index (χ0v) is 17.5. The Morgan fingerprint density at radius 1 is 1.04 bits per heavy atom. The van der Waals surface area contributed by atoms with E-state index in [2.05, 4.69) is 20.8 Å². The molecule has 2 N–H and O–H groups in total. The van der Waals surface area contributed by atoms with Gasteiger partial charge in [-0.25, -0.2) is 0 Å². The van der Waals surface area contributed by atoms with Gasteiger partial charge in [0.15, 0.2) is 5.79 Å². The zero-order valence-electron chi connectivity index (χ0n) is 17.5. The van der Waals surface area contributed by atoms with Gasteiger partial charge in [0.05, 0.1) is 6.42 Å². The number of fused-ring (bicyclic) bond motifs is 5. The van der Waals surface area contributed by atoms with Crippen molar-refractivity contribution in [2.75, 3.05) is 0 Å². The summed E-state index contributed by atoms with van der Waals surface area (Å²) in [6.07, 6.45) is 5.29. The van der Waals surface area contributed by atoms with Gasteiger partial charge in [0.1, 0.15) is 11.6 Å². The van der Waals surface area contributed by atoms with E-state index in [1.807, 2.05) is 6.92 Å². The van der Waals surface area contributed by atoms with Crippen molar-refractivity contribution >= 4 is 11.6 Å². The van der Waals surface area contributed by atoms with E-state index in [9.17, 15) is 19.8 Å². The Morgan fingerprint density at radius 2 is 1.67 bits per heavy atom. The Labute approximate surface area is 163 Å². The van der Waals surface area contributed by atoms with Crippen LogP contribution >= 0.6 is 0 Å². The fourth-order valence-electron chi connectivity index (χ4n) is 8.46. The highest BCUT2D eigenvalue weighted by atomic mass is 16.5. The van der Waals surface area contributed by atoms with Crippen LogP contribution < -0.4 is 0 Å². The lowest BCUT2D eigenvalue weighted by molar-refractivity contribution is -0.312. The molecule has 4 nitrogen and oxygen atoms in total. The minimum atomic E-state index is -1.92. The number of Topliss-reactive ketones (excluding diaryl/α,β-unsaturated/α-hetero) is 2. The summed E-state index contributed by atoms with van der Waals surface area (Å²) >= 11 is 0. The van der Waals surface area contributed by atoms with Crippen molar-refractivity contribution in [1.82, 2.24) is 0 Å². The first-order chi connectivity index (χ1) is 12.4. The van der Waals surface area contributed by atoms with Gasteiger partial charge in [0, 0.05) is 17.3 Å². The van der Waals surface area contributed by atoms with E-state index in [1.165, 1.54) is 0 Å². The monoisotopic (exact) mass is 376 g/mol. The van der Waals surface area contributed by atoms with Crippen LogP contribution in [-0.4, -0.2) is 27.6 Å². The second-order valence-corrected chi connectivity index (χ2v) is 11.1. The molecule has 4 fully saturated rings. The van der Waals surface area contributed by atoms with Crippen molar-refractivity contribution in [3.8, 4) is 0 Å². The molecule has 0 saturated heterocycles. The van der Waals surface area contributed by atoms with Gasteiger partial charge in [-0.1, -0.05) is 27.7 Å². The highest BCUT2D eigenvalue weighted by Crippen LogP contribution is 2.71. The minimum absolute atomic E-state index is 0.000967. The van der Waals surface area contributed by atoms with Crippen molar-refractivity contribution in [3.63, 3.8) is 0 Å². The molecule has 152 valence electrons. The SMILES string of the molecule is CC(=O)[C@@]1(C)CC[C@H]2[C@@H]3C[C@H](C)C4CC(=O)CC(O)(O)[C@]4(C)[C@H]3CC[C@@]21C. The van der Waals surface area contributed by atoms with Crippen LogP contribution in [0.15, 0.2) is 0 Å². The van der Waals surface area contributed by atoms with Crippen molar-refractivity contribution in [2.24, 2.45) is 45.8 Å². The first-order valence-corrected chi connectivity index (χ1v) is 10.9. The number of ketones is 2. The molecule has 4 aliphatic carbocycles. The maximum atomic E-state index is 12.6. The lowest BCUT2D eigenvalue weighted by Gasteiger charge is -2.65. The van der Waals surface area contributed by atoms with Crippen LogP contribution in [0.2, 0.25) is 0 Å². The van der Waals surface area contributed by atoms with Crippen LogP contribution in [-0.2, 0) is 9.59 Å². The van der Waals surface area contributed by atoms with E-state index in [0.717, 1.165) is 32.1 Å². The summed E-state index contributed by atoms with van der Waals surface area (Å²) in [5.41, 5.74) is -0.900. The van der Waals surface area contributed by atoms with Gasteiger partial charge < -0.3 is 10.2 Å². The zero-order chi connectivity index (χ0) is 20.0. The van der Waals surface area contributed by atoms with Gasteiger partial charge in [0.2, 0.25) is 0 Å². The number of aliphatic hydroxyl groups is 2. The van der Waals surface area contributed by atoms with Crippen LogP contribution in [0.1, 0.15) is 79.6 Å². The first-order valence-electron chi connectivity index (χ1n) is 10.9. The topological polar surface area (TPSA) is 74.6 Å². The van der Waals surface area contributed by atoms with Crippen LogP contribution in [0.3, 0.4) is 0 Å². The second-order valence-electron chi connectivity index (χ2n) is 11.1. The fraction of sp³-hybridized carbons (Fsp3) is 0.913. The maximum absolute atomic E-state index is 12.6. The second kappa shape index (κ2) is 5.66. The summed E-state index contributed by atoms with van der Waals surface area (Å²) in [5, 5.41) is 22.1. The van der Waals surface area contributed by atoms with Gasteiger partial charge in [-0.05, 0) is 74.0 Å². The highest BCUT2D eigenvalue weighted by Gasteiger charge is 2.69. The van der Waals surface area contributed by atoms with Gasteiger partial charge in [-0.2, -0.15) is 0 Å². The van der Waals surface area contributed by atoms with Gasteiger partial charge in [-0.15, -0.1) is 0 Å². The van der Waals surface area contributed by atoms with Crippen LogP contribution in [0, 0.1) is 45.8 Å². The molecule has 0 heterocycles. The first kappa shape index (κ1) is 19.6. The van der Waals surface area contributed by atoms with Gasteiger partial charge in [-0.3, -0.25) is 9.59 Å². The molecule has 4 rings (SSSR count). The fourth-order valence-corrected chi connectivity index (χ4v) is 8.46. The molecule has 8 atom stereocenters. The molecule has 4 aliphatic rings. The Balaban J connectivity index is 1.76. The number of hydrogen-bond donors (Lipinski definition) is 2. The molecule has 4 saturated carbocycles. The van der Waals surface area contributed by atoms with Crippen molar-refractivity contribution in [1.29, 1.82) is 0 Å². The minimum Gasteiger partial charge on any atom is -0.365 e. The number of rotatable bonds is 1. The Bertz CT molecular complexity index is 684. The van der Waals surface area contributed by atoms with Crippen LogP contribution in [0.25, 0.3) is 0 Å². The van der Waals surface area contributed by atoms with Crippen LogP contribution in [0.5, 0.6) is 0 Å². The van der Waals surface area contributed by atoms with Gasteiger partial charge in [0.25, 0.3) is 0 Å². The van der Waals surface area contributed by atoms with E-state index < -0.39 is 11.2 Å². The normalized spacial score (nSPS) is 54.0. The number of carbonyl (C=O) groups excluding carboxylic acids is 2. The van der Waals surface area contributed by atoms with E-state index in [1.54, 1.807) is 6.92 Å². The van der Waals surface area contributed by atoms with E-state index in [4.69, 9.17) is 0 Å². The standard InChI is InChI=1S/C23H36O4/c1-13-10-16-17-6-8-20(3,14(2)24)21(17,4)9-7-18(16)22(5)19(13)11-15(25)12-23(22,26)27/h13,16-19,26-27H,6-12H2,1-5H3/t13-,16-,17-,18-,19?,20+,21-,22+/m0/s1. The molecule has 0 amide bonds. The third-order valence-electron chi connectivity index (χ3n) is 10.4. The molecule has 27 heavy (non-hydrogen) atoms. The average Bonchev–Trinajstić information content (AvgIpc) is 2.83. The third-order valence-corrected chi connectivity index (χ3v) is 10.4.